The molecule has 2 saturated carbocycles. The molecule has 8 heteroatoms. The number of nitrogens with zero attached hydrogens (tertiary/aromatic N) is 2. The van der Waals surface area contributed by atoms with Gasteiger partial charge in [0.05, 0.1) is 4.90 Å². The van der Waals surface area contributed by atoms with Gasteiger partial charge in [-0.1, -0.05) is 19.8 Å². The van der Waals surface area contributed by atoms with E-state index in [-0.39, 0.29) is 40.6 Å². The van der Waals surface area contributed by atoms with Crippen LogP contribution in [0.4, 0.5) is 5.69 Å². The number of benzene rings is 1. The van der Waals surface area contributed by atoms with Crippen molar-refractivity contribution in [2.45, 2.75) is 88.6 Å². The number of carbonyl (C=O) groups is 2. The number of nitrogens with one attached hydrogen (secondary N) is 1. The number of fused-ring (bicyclic) bond motifs is 1. The third kappa shape index (κ3) is 4.51. The van der Waals surface area contributed by atoms with Crippen molar-refractivity contribution >= 4 is 27.5 Å². The maximum atomic E-state index is 13.4. The van der Waals surface area contributed by atoms with Crippen molar-refractivity contribution in [1.82, 2.24) is 9.62 Å². The van der Waals surface area contributed by atoms with Crippen LogP contribution in [-0.2, 0) is 26.0 Å². The molecule has 4 aliphatic rings. The van der Waals surface area contributed by atoms with Gasteiger partial charge in [0, 0.05) is 42.7 Å². The van der Waals surface area contributed by atoms with E-state index in [9.17, 15) is 18.0 Å². The van der Waals surface area contributed by atoms with Crippen LogP contribution in [0.15, 0.2) is 23.1 Å². The first-order valence-electron chi connectivity index (χ1n) is 13.0. The number of piperidine rings is 1. The van der Waals surface area contributed by atoms with E-state index in [1.807, 2.05) is 11.8 Å². The van der Waals surface area contributed by atoms with Gasteiger partial charge in [-0.2, -0.15) is 4.31 Å². The van der Waals surface area contributed by atoms with E-state index in [2.05, 4.69) is 12.2 Å². The molecule has 0 spiro atoms. The summed E-state index contributed by atoms with van der Waals surface area (Å²) >= 11 is 0. The van der Waals surface area contributed by atoms with Crippen LogP contribution in [0.25, 0.3) is 0 Å². The molecular formula is C26H37N3O4S. The summed E-state index contributed by atoms with van der Waals surface area (Å²) in [7, 11) is -3.63. The molecule has 0 aromatic heterocycles. The molecule has 0 bridgehead atoms. The summed E-state index contributed by atoms with van der Waals surface area (Å²) in [5.74, 6) is 0.781. The second kappa shape index (κ2) is 9.26. The van der Waals surface area contributed by atoms with E-state index < -0.39 is 10.0 Å². The zero-order valence-corrected chi connectivity index (χ0v) is 21.1. The third-order valence-corrected chi connectivity index (χ3v) is 10.2. The fraction of sp³-hybridized carbons (Fsp3) is 0.692. The zero-order valence-electron chi connectivity index (χ0n) is 20.3. The van der Waals surface area contributed by atoms with Crippen LogP contribution < -0.4 is 10.2 Å². The lowest BCUT2D eigenvalue weighted by atomic mass is 9.85. The molecule has 1 saturated heterocycles. The summed E-state index contributed by atoms with van der Waals surface area (Å²) in [5, 5.41) is 3.24. The van der Waals surface area contributed by atoms with Gasteiger partial charge in [0.15, 0.2) is 0 Å². The second-order valence-electron chi connectivity index (χ2n) is 10.9. The number of amides is 2. The fourth-order valence-corrected chi connectivity index (χ4v) is 7.49. The Morgan fingerprint density at radius 3 is 2.32 bits per heavy atom. The minimum absolute atomic E-state index is 0.0576. The Balaban J connectivity index is 1.23. The van der Waals surface area contributed by atoms with Crippen LogP contribution in [0, 0.1) is 17.8 Å². The van der Waals surface area contributed by atoms with Crippen molar-refractivity contribution < 1.29 is 18.0 Å². The van der Waals surface area contributed by atoms with Crippen molar-refractivity contribution in [1.29, 1.82) is 0 Å². The number of rotatable bonds is 5. The second-order valence-corrected chi connectivity index (χ2v) is 12.8. The molecule has 2 aliphatic heterocycles. The summed E-state index contributed by atoms with van der Waals surface area (Å²) in [5.41, 5.74) is 1.79. The van der Waals surface area contributed by atoms with E-state index in [4.69, 9.17) is 0 Å². The number of hydrogen-bond acceptors (Lipinski definition) is 4. The summed E-state index contributed by atoms with van der Waals surface area (Å²) < 4.78 is 28.3. The summed E-state index contributed by atoms with van der Waals surface area (Å²) in [6, 6.07) is 5.51. The fourth-order valence-electron chi connectivity index (χ4n) is 5.97. The van der Waals surface area contributed by atoms with Crippen molar-refractivity contribution in [3.05, 3.63) is 23.8 Å². The molecule has 1 aromatic carbocycles. The van der Waals surface area contributed by atoms with Gasteiger partial charge in [-0.3, -0.25) is 9.59 Å². The molecule has 1 N–H and O–H groups in total. The highest BCUT2D eigenvalue weighted by Gasteiger charge is 2.40. The van der Waals surface area contributed by atoms with Gasteiger partial charge in [0.1, 0.15) is 0 Å². The van der Waals surface area contributed by atoms with Crippen molar-refractivity contribution in [3.8, 4) is 0 Å². The van der Waals surface area contributed by atoms with Gasteiger partial charge in [-0.15, -0.1) is 0 Å². The zero-order chi connectivity index (χ0) is 24.0. The minimum atomic E-state index is -3.63. The quantitative estimate of drug-likeness (QED) is 0.689. The lowest BCUT2D eigenvalue weighted by Crippen LogP contribution is -2.47. The van der Waals surface area contributed by atoms with Gasteiger partial charge < -0.3 is 10.2 Å². The Bertz CT molecular complexity index is 1060. The van der Waals surface area contributed by atoms with Crippen molar-refractivity contribution in [2.75, 3.05) is 18.0 Å². The molecule has 2 heterocycles. The molecule has 7 nitrogen and oxygen atoms in total. The smallest absolute Gasteiger partial charge is 0.243 e. The highest BCUT2D eigenvalue weighted by Crippen LogP contribution is 2.40. The lowest BCUT2D eigenvalue weighted by Gasteiger charge is -2.34. The Kier molecular flexibility index (Phi) is 6.48. The Hall–Kier alpha value is -1.93. The van der Waals surface area contributed by atoms with Crippen molar-refractivity contribution in [2.24, 2.45) is 17.8 Å². The number of sulfonamides is 1. The first-order valence-corrected chi connectivity index (χ1v) is 14.5. The Morgan fingerprint density at radius 1 is 0.941 bits per heavy atom. The van der Waals surface area contributed by atoms with Crippen LogP contribution in [0.5, 0.6) is 0 Å². The number of anilines is 1. The monoisotopic (exact) mass is 487 g/mol. The van der Waals surface area contributed by atoms with Gasteiger partial charge in [0.25, 0.3) is 0 Å². The lowest BCUT2D eigenvalue weighted by molar-refractivity contribution is -0.127. The predicted octanol–water partition coefficient (Wildman–Crippen LogP) is 3.47. The molecule has 186 valence electrons. The van der Waals surface area contributed by atoms with Crippen LogP contribution >= 0.6 is 0 Å². The van der Waals surface area contributed by atoms with Crippen LogP contribution in [0.3, 0.4) is 0 Å². The van der Waals surface area contributed by atoms with E-state index >= 15 is 0 Å². The molecule has 1 aromatic rings. The summed E-state index contributed by atoms with van der Waals surface area (Å²) in [6.07, 6.45) is 8.30. The van der Waals surface area contributed by atoms with Gasteiger partial charge in [-0.25, -0.2) is 8.42 Å². The largest absolute Gasteiger partial charge is 0.353 e. The van der Waals surface area contributed by atoms with E-state index in [1.165, 1.54) is 10.7 Å². The summed E-state index contributed by atoms with van der Waals surface area (Å²) in [6.45, 7) is 4.96. The highest BCUT2D eigenvalue weighted by molar-refractivity contribution is 7.89. The molecule has 2 aliphatic carbocycles. The van der Waals surface area contributed by atoms with Gasteiger partial charge in [0.2, 0.25) is 21.8 Å². The van der Waals surface area contributed by atoms with Crippen molar-refractivity contribution in [3.63, 3.8) is 0 Å². The van der Waals surface area contributed by atoms with Gasteiger partial charge >= 0.3 is 0 Å². The van der Waals surface area contributed by atoms with Crippen LogP contribution in [0.2, 0.25) is 0 Å². The first-order chi connectivity index (χ1) is 16.3. The average molecular weight is 488 g/mol. The maximum absolute atomic E-state index is 13.4. The Labute approximate surface area is 203 Å². The topological polar surface area (TPSA) is 86.8 Å². The number of carbonyl (C=O) groups excluding carboxylic acids is 2. The normalized spacial score (nSPS) is 28.5. The minimum Gasteiger partial charge on any atom is -0.353 e. The molecule has 3 atom stereocenters. The summed E-state index contributed by atoms with van der Waals surface area (Å²) in [4.78, 5) is 27.7. The van der Waals surface area contributed by atoms with E-state index in [1.54, 1.807) is 18.2 Å². The molecular weight excluding hydrogens is 450 g/mol. The SMILES string of the molecule is C[C@@H]1CCCC[C@@H]1NC(=O)C1CCN(S(=O)(=O)c2ccc3c(c2)C[C@@H](C)N3C(=O)C2CC2)CC1. The number of hydrogen-bond donors (Lipinski definition) is 1. The third-order valence-electron chi connectivity index (χ3n) is 8.33. The molecule has 0 radical (unpaired) electrons. The predicted molar refractivity (Wildman–Crippen MR) is 131 cm³/mol. The molecule has 34 heavy (non-hydrogen) atoms. The van der Waals surface area contributed by atoms with Crippen LogP contribution in [0.1, 0.15) is 70.8 Å². The first kappa shape index (κ1) is 23.8. The molecule has 5 rings (SSSR count). The molecule has 0 unspecified atom stereocenters. The van der Waals surface area contributed by atoms with Gasteiger partial charge in [-0.05, 0) is 81.5 Å². The van der Waals surface area contributed by atoms with Crippen LogP contribution in [-0.4, -0.2) is 49.7 Å². The maximum Gasteiger partial charge on any atom is 0.243 e. The molecule has 2 amide bonds. The Morgan fingerprint density at radius 2 is 1.65 bits per heavy atom. The van der Waals surface area contributed by atoms with E-state index in [0.717, 1.165) is 43.4 Å². The highest BCUT2D eigenvalue weighted by atomic mass is 32.2. The molecule has 3 fully saturated rings. The standard InChI is InChI=1S/C26H37N3O4S/c1-17-5-3-4-6-23(17)27-25(30)19-11-13-28(14-12-19)34(32,33)22-9-10-24-21(16-22)15-18(2)29(24)26(31)20-7-8-20/h9-10,16-20,23H,3-8,11-15H2,1-2H3,(H,27,30)/t17-,18-,23+/m1/s1. The van der Waals surface area contributed by atoms with E-state index in [0.29, 0.717) is 38.3 Å². The average Bonchev–Trinajstić information content (AvgIpc) is 3.62.